The zero-order chi connectivity index (χ0) is 17.2. The highest BCUT2D eigenvalue weighted by atomic mass is 35.5. The predicted molar refractivity (Wildman–Crippen MR) is 102 cm³/mol. The molecule has 1 N–H and O–H groups in total. The van der Waals surface area contributed by atoms with Gasteiger partial charge in [0, 0.05) is 6.54 Å². The third kappa shape index (κ3) is 7.43. The Bertz CT molecular complexity index is 455. The van der Waals surface area contributed by atoms with Crippen molar-refractivity contribution in [3.8, 4) is 0 Å². The summed E-state index contributed by atoms with van der Waals surface area (Å²) in [4.78, 5) is 2.39. The van der Waals surface area contributed by atoms with E-state index in [1.165, 1.54) is 38.5 Å². The molecule has 0 amide bonds. The SMILES string of the molecule is CCCCCN(CCCCC)CC(O)c1cc(Cl)c(Cl)cc1C. The molecule has 0 fully saturated rings. The quantitative estimate of drug-likeness (QED) is 0.488. The summed E-state index contributed by atoms with van der Waals surface area (Å²) >= 11 is 12.2. The highest BCUT2D eigenvalue weighted by molar-refractivity contribution is 6.42. The third-order valence-corrected chi connectivity index (χ3v) is 4.98. The van der Waals surface area contributed by atoms with Gasteiger partial charge in [0.1, 0.15) is 0 Å². The second-order valence-corrected chi connectivity index (χ2v) is 7.17. The number of benzene rings is 1. The van der Waals surface area contributed by atoms with Crippen LogP contribution in [-0.2, 0) is 0 Å². The van der Waals surface area contributed by atoms with Gasteiger partial charge in [-0.1, -0.05) is 62.7 Å². The summed E-state index contributed by atoms with van der Waals surface area (Å²) in [6, 6.07) is 3.64. The maximum absolute atomic E-state index is 10.7. The minimum absolute atomic E-state index is 0.509. The Labute approximate surface area is 151 Å². The van der Waals surface area contributed by atoms with E-state index in [2.05, 4.69) is 18.7 Å². The number of rotatable bonds is 11. The fourth-order valence-electron chi connectivity index (χ4n) is 2.83. The van der Waals surface area contributed by atoms with Crippen LogP contribution in [0.15, 0.2) is 12.1 Å². The molecule has 1 aromatic carbocycles. The van der Waals surface area contributed by atoms with Crippen molar-refractivity contribution in [1.82, 2.24) is 4.90 Å². The van der Waals surface area contributed by atoms with Gasteiger partial charge < -0.3 is 10.0 Å². The van der Waals surface area contributed by atoms with Gasteiger partial charge in [0.05, 0.1) is 16.1 Å². The van der Waals surface area contributed by atoms with Crippen LogP contribution in [0, 0.1) is 6.92 Å². The maximum atomic E-state index is 10.7. The lowest BCUT2D eigenvalue weighted by Crippen LogP contribution is -2.31. The Morgan fingerprint density at radius 2 is 1.48 bits per heavy atom. The van der Waals surface area contributed by atoms with Crippen molar-refractivity contribution >= 4 is 23.2 Å². The second kappa shape index (κ2) is 11.3. The van der Waals surface area contributed by atoms with Crippen LogP contribution < -0.4 is 0 Å². The van der Waals surface area contributed by atoms with Gasteiger partial charge in [0.25, 0.3) is 0 Å². The second-order valence-electron chi connectivity index (χ2n) is 6.35. The smallest absolute Gasteiger partial charge is 0.0920 e. The van der Waals surface area contributed by atoms with Gasteiger partial charge in [-0.05, 0) is 56.1 Å². The van der Waals surface area contributed by atoms with Crippen LogP contribution in [0.1, 0.15) is 69.6 Å². The average Bonchev–Trinajstić information content (AvgIpc) is 2.51. The highest BCUT2D eigenvalue weighted by Gasteiger charge is 2.16. The van der Waals surface area contributed by atoms with Crippen molar-refractivity contribution in [3.05, 3.63) is 33.3 Å². The summed E-state index contributed by atoms with van der Waals surface area (Å²) in [5.74, 6) is 0. The first-order valence-electron chi connectivity index (χ1n) is 8.85. The molecule has 4 heteroatoms. The fraction of sp³-hybridized carbons (Fsp3) is 0.684. The Kier molecular flexibility index (Phi) is 10.2. The Hall–Kier alpha value is -0.280. The molecule has 1 rings (SSSR count). The molecule has 1 aromatic rings. The summed E-state index contributed by atoms with van der Waals surface area (Å²) in [5.41, 5.74) is 1.88. The molecule has 132 valence electrons. The van der Waals surface area contributed by atoms with E-state index in [0.29, 0.717) is 16.6 Å². The van der Waals surface area contributed by atoms with Crippen LogP contribution in [0.5, 0.6) is 0 Å². The molecule has 0 bridgehead atoms. The van der Waals surface area contributed by atoms with E-state index in [-0.39, 0.29) is 0 Å². The standard InChI is InChI=1S/C19H31Cl2NO/c1-4-6-8-10-22(11-9-7-5-2)14-19(23)16-13-18(21)17(20)12-15(16)3/h12-13,19,23H,4-11,14H2,1-3H3. The fourth-order valence-corrected chi connectivity index (χ4v) is 3.22. The summed E-state index contributed by atoms with van der Waals surface area (Å²) in [5, 5.41) is 11.7. The van der Waals surface area contributed by atoms with Crippen LogP contribution in [0.4, 0.5) is 0 Å². The lowest BCUT2D eigenvalue weighted by molar-refractivity contribution is 0.110. The van der Waals surface area contributed by atoms with Crippen molar-refractivity contribution in [1.29, 1.82) is 0 Å². The van der Waals surface area contributed by atoms with Crippen molar-refractivity contribution in [2.75, 3.05) is 19.6 Å². The molecule has 0 spiro atoms. The number of halogens is 2. The van der Waals surface area contributed by atoms with Crippen LogP contribution in [0.25, 0.3) is 0 Å². The first-order valence-corrected chi connectivity index (χ1v) is 9.61. The van der Waals surface area contributed by atoms with Gasteiger partial charge in [-0.25, -0.2) is 0 Å². The molecule has 0 aliphatic carbocycles. The van der Waals surface area contributed by atoms with Crippen LogP contribution in [-0.4, -0.2) is 29.6 Å². The third-order valence-electron chi connectivity index (χ3n) is 4.25. The van der Waals surface area contributed by atoms with E-state index in [1.54, 1.807) is 6.07 Å². The van der Waals surface area contributed by atoms with E-state index in [1.807, 2.05) is 13.0 Å². The Morgan fingerprint density at radius 1 is 0.957 bits per heavy atom. The molecule has 1 atom stereocenters. The Balaban J connectivity index is 2.70. The molecule has 0 aromatic heterocycles. The minimum atomic E-state index is -0.520. The first kappa shape index (κ1) is 20.8. The van der Waals surface area contributed by atoms with Gasteiger partial charge >= 0.3 is 0 Å². The zero-order valence-electron chi connectivity index (χ0n) is 14.7. The van der Waals surface area contributed by atoms with Crippen LogP contribution in [0.2, 0.25) is 10.0 Å². The van der Waals surface area contributed by atoms with Crippen molar-refractivity contribution in [2.24, 2.45) is 0 Å². The largest absolute Gasteiger partial charge is 0.387 e. The van der Waals surface area contributed by atoms with Crippen molar-refractivity contribution < 1.29 is 5.11 Å². The van der Waals surface area contributed by atoms with E-state index >= 15 is 0 Å². The number of aryl methyl sites for hydroxylation is 1. The van der Waals surface area contributed by atoms with Gasteiger partial charge in [-0.2, -0.15) is 0 Å². The first-order chi connectivity index (χ1) is 11.0. The monoisotopic (exact) mass is 359 g/mol. The normalized spacial score (nSPS) is 12.8. The molecular formula is C19H31Cl2NO. The van der Waals surface area contributed by atoms with Crippen LogP contribution >= 0.6 is 23.2 Å². The number of aliphatic hydroxyl groups is 1. The lowest BCUT2D eigenvalue weighted by Gasteiger charge is -2.26. The van der Waals surface area contributed by atoms with Gasteiger partial charge in [0.2, 0.25) is 0 Å². The molecular weight excluding hydrogens is 329 g/mol. The molecule has 1 unspecified atom stereocenters. The predicted octanol–water partition coefficient (Wildman–Crippen LogP) is 6.02. The number of unbranched alkanes of at least 4 members (excludes halogenated alkanes) is 4. The van der Waals surface area contributed by atoms with Gasteiger partial charge in [-0.15, -0.1) is 0 Å². The summed E-state index contributed by atoms with van der Waals surface area (Å²) in [6.45, 7) is 9.17. The number of hydrogen-bond acceptors (Lipinski definition) is 2. The van der Waals surface area contributed by atoms with Crippen molar-refractivity contribution in [2.45, 2.75) is 65.4 Å². The topological polar surface area (TPSA) is 23.5 Å². The number of hydrogen-bond donors (Lipinski definition) is 1. The highest BCUT2D eigenvalue weighted by Crippen LogP contribution is 2.29. The van der Waals surface area contributed by atoms with Crippen molar-refractivity contribution in [3.63, 3.8) is 0 Å². The minimum Gasteiger partial charge on any atom is -0.387 e. The Morgan fingerprint density at radius 3 is 2.00 bits per heavy atom. The van der Waals surface area contributed by atoms with Gasteiger partial charge in [-0.3, -0.25) is 0 Å². The number of nitrogens with zero attached hydrogens (tertiary/aromatic N) is 1. The molecule has 0 aliphatic heterocycles. The molecule has 0 aliphatic rings. The van der Waals surface area contributed by atoms with E-state index in [0.717, 1.165) is 24.2 Å². The molecule has 0 saturated heterocycles. The average molecular weight is 360 g/mol. The molecule has 2 nitrogen and oxygen atoms in total. The van der Waals surface area contributed by atoms with E-state index in [9.17, 15) is 5.11 Å². The van der Waals surface area contributed by atoms with E-state index < -0.39 is 6.10 Å². The molecule has 0 saturated carbocycles. The van der Waals surface area contributed by atoms with Crippen LogP contribution in [0.3, 0.4) is 0 Å². The summed E-state index contributed by atoms with van der Waals surface area (Å²) in [6.07, 6.45) is 6.78. The molecule has 0 radical (unpaired) electrons. The molecule has 23 heavy (non-hydrogen) atoms. The number of aliphatic hydroxyl groups excluding tert-OH is 1. The maximum Gasteiger partial charge on any atom is 0.0920 e. The molecule has 0 heterocycles. The summed E-state index contributed by atoms with van der Waals surface area (Å²) < 4.78 is 0. The lowest BCUT2D eigenvalue weighted by atomic mass is 10.0. The zero-order valence-corrected chi connectivity index (χ0v) is 16.3. The van der Waals surface area contributed by atoms with Gasteiger partial charge in [0.15, 0.2) is 0 Å². The summed E-state index contributed by atoms with van der Waals surface area (Å²) in [7, 11) is 0. The van der Waals surface area contributed by atoms with E-state index in [4.69, 9.17) is 23.2 Å².